The Hall–Kier alpha value is -0.840. The predicted octanol–water partition coefficient (Wildman–Crippen LogP) is 4.15. The molecule has 1 fully saturated rings. The molecule has 0 bridgehead atoms. The van der Waals surface area contributed by atoms with Crippen molar-refractivity contribution in [2.45, 2.75) is 50.8 Å². The lowest BCUT2D eigenvalue weighted by molar-refractivity contribution is 0.0846. The zero-order valence-electron chi connectivity index (χ0n) is 11.6. The molecule has 3 nitrogen and oxygen atoms in total. The monoisotopic (exact) mass is 337 g/mol. The number of aliphatic hydroxyl groups is 1. The summed E-state index contributed by atoms with van der Waals surface area (Å²) in [6, 6.07) is 8.39. The van der Waals surface area contributed by atoms with E-state index in [9.17, 15) is 5.11 Å². The molecule has 108 valence electrons. The van der Waals surface area contributed by atoms with Crippen LogP contribution in [0.3, 0.4) is 0 Å². The molecular formula is C16H20BrNO2. The molecule has 3 rings (SSSR count). The quantitative estimate of drug-likeness (QED) is 0.884. The van der Waals surface area contributed by atoms with Gasteiger partial charge in [0.25, 0.3) is 0 Å². The van der Waals surface area contributed by atoms with Crippen LogP contribution in [0.5, 0.6) is 0 Å². The highest BCUT2D eigenvalue weighted by molar-refractivity contribution is 9.10. The van der Waals surface area contributed by atoms with Crippen molar-refractivity contribution in [3.8, 4) is 0 Å². The van der Waals surface area contributed by atoms with Crippen LogP contribution in [0.4, 0.5) is 0 Å². The topological polar surface area (TPSA) is 45.4 Å². The molecule has 0 spiro atoms. The van der Waals surface area contributed by atoms with Crippen LogP contribution in [-0.4, -0.2) is 17.3 Å². The fourth-order valence-corrected chi connectivity index (χ4v) is 3.34. The number of halogens is 1. The maximum atomic E-state index is 10.0. The Kier molecular flexibility index (Phi) is 4.15. The average molecular weight is 338 g/mol. The summed E-state index contributed by atoms with van der Waals surface area (Å²) in [6.45, 7) is 2.09. The van der Waals surface area contributed by atoms with Gasteiger partial charge in [0.15, 0.2) is 0 Å². The van der Waals surface area contributed by atoms with Gasteiger partial charge in [-0.15, -0.1) is 0 Å². The number of rotatable bonds is 3. The van der Waals surface area contributed by atoms with E-state index in [4.69, 9.17) is 4.42 Å². The smallest absolute Gasteiger partial charge is 0.134 e. The van der Waals surface area contributed by atoms with Gasteiger partial charge in [0.1, 0.15) is 11.3 Å². The molecule has 0 saturated heterocycles. The summed E-state index contributed by atoms with van der Waals surface area (Å²) in [5, 5.41) is 14.7. The molecule has 1 aromatic heterocycles. The lowest BCUT2D eigenvalue weighted by Crippen LogP contribution is -2.43. The van der Waals surface area contributed by atoms with Crippen LogP contribution in [-0.2, 0) is 0 Å². The van der Waals surface area contributed by atoms with Gasteiger partial charge < -0.3 is 14.8 Å². The Labute approximate surface area is 127 Å². The van der Waals surface area contributed by atoms with Gasteiger partial charge in [-0.05, 0) is 44.0 Å². The van der Waals surface area contributed by atoms with Crippen molar-refractivity contribution in [1.82, 2.24) is 5.32 Å². The van der Waals surface area contributed by atoms with Crippen LogP contribution >= 0.6 is 15.9 Å². The number of hydrogen-bond donors (Lipinski definition) is 2. The van der Waals surface area contributed by atoms with Crippen LogP contribution in [0.2, 0.25) is 0 Å². The molecular weight excluding hydrogens is 318 g/mol. The lowest BCUT2D eigenvalue weighted by Gasteiger charge is -2.30. The first kappa shape index (κ1) is 14.1. The van der Waals surface area contributed by atoms with Crippen molar-refractivity contribution in [1.29, 1.82) is 0 Å². The zero-order valence-corrected chi connectivity index (χ0v) is 13.2. The summed E-state index contributed by atoms with van der Waals surface area (Å²) in [4.78, 5) is 0. The van der Waals surface area contributed by atoms with Crippen molar-refractivity contribution in [3.05, 3.63) is 34.5 Å². The predicted molar refractivity (Wildman–Crippen MR) is 83.7 cm³/mol. The number of benzene rings is 1. The minimum Gasteiger partial charge on any atom is -0.459 e. The molecule has 20 heavy (non-hydrogen) atoms. The number of furan rings is 1. The molecule has 2 aromatic rings. The molecule has 2 N–H and O–H groups in total. The highest BCUT2D eigenvalue weighted by atomic mass is 79.9. The minimum absolute atomic E-state index is 0.110. The van der Waals surface area contributed by atoms with E-state index in [1.54, 1.807) is 0 Å². The van der Waals surface area contributed by atoms with Gasteiger partial charge in [-0.1, -0.05) is 28.8 Å². The molecule has 1 heterocycles. The van der Waals surface area contributed by atoms with E-state index in [-0.39, 0.29) is 18.2 Å². The third kappa shape index (κ3) is 2.92. The molecule has 0 aliphatic heterocycles. The third-order valence-corrected chi connectivity index (χ3v) is 4.61. The summed E-state index contributed by atoms with van der Waals surface area (Å²) >= 11 is 3.48. The molecule has 3 atom stereocenters. The second kappa shape index (κ2) is 5.88. The van der Waals surface area contributed by atoms with Gasteiger partial charge in [0, 0.05) is 15.9 Å². The Morgan fingerprint density at radius 2 is 2.10 bits per heavy atom. The van der Waals surface area contributed by atoms with Crippen molar-refractivity contribution in [3.63, 3.8) is 0 Å². The van der Waals surface area contributed by atoms with Crippen molar-refractivity contribution in [2.24, 2.45) is 0 Å². The first-order valence-electron chi connectivity index (χ1n) is 7.26. The molecule has 4 heteroatoms. The Morgan fingerprint density at radius 1 is 1.30 bits per heavy atom. The number of fused-ring (bicyclic) bond motifs is 1. The van der Waals surface area contributed by atoms with Gasteiger partial charge in [-0.25, -0.2) is 0 Å². The lowest BCUT2D eigenvalue weighted by atomic mass is 9.92. The SMILES string of the molecule is CC(NC1CCCCC1O)c1cc2cc(Br)ccc2o1. The van der Waals surface area contributed by atoms with Crippen molar-refractivity contribution >= 4 is 26.9 Å². The first-order valence-corrected chi connectivity index (χ1v) is 8.06. The van der Waals surface area contributed by atoms with E-state index in [1.807, 2.05) is 12.1 Å². The number of nitrogens with one attached hydrogen (secondary N) is 1. The van der Waals surface area contributed by atoms with Crippen LogP contribution in [0.15, 0.2) is 33.2 Å². The van der Waals surface area contributed by atoms with Crippen LogP contribution < -0.4 is 5.32 Å². The van der Waals surface area contributed by atoms with Gasteiger partial charge in [-0.2, -0.15) is 0 Å². The normalized spacial score (nSPS) is 24.9. The van der Waals surface area contributed by atoms with E-state index in [0.29, 0.717) is 0 Å². The standard InChI is InChI=1S/C16H20BrNO2/c1-10(18-13-4-2-3-5-14(13)19)16-9-11-8-12(17)6-7-15(11)20-16/h6-10,13-14,18-19H,2-5H2,1H3. The summed E-state index contributed by atoms with van der Waals surface area (Å²) < 4.78 is 6.95. The number of hydrogen-bond acceptors (Lipinski definition) is 3. The highest BCUT2D eigenvalue weighted by Gasteiger charge is 2.25. The number of aliphatic hydroxyl groups excluding tert-OH is 1. The van der Waals surface area contributed by atoms with E-state index in [1.165, 1.54) is 6.42 Å². The van der Waals surface area contributed by atoms with Crippen LogP contribution in [0, 0.1) is 0 Å². The van der Waals surface area contributed by atoms with Gasteiger partial charge >= 0.3 is 0 Å². The highest BCUT2D eigenvalue weighted by Crippen LogP contribution is 2.28. The summed E-state index contributed by atoms with van der Waals surface area (Å²) in [5.74, 6) is 0.927. The van der Waals surface area contributed by atoms with Gasteiger partial charge in [0.05, 0.1) is 12.1 Å². The van der Waals surface area contributed by atoms with Gasteiger partial charge in [0.2, 0.25) is 0 Å². The van der Waals surface area contributed by atoms with E-state index < -0.39 is 0 Å². The zero-order chi connectivity index (χ0) is 14.1. The fourth-order valence-electron chi connectivity index (χ4n) is 2.96. The van der Waals surface area contributed by atoms with Gasteiger partial charge in [-0.3, -0.25) is 0 Å². The van der Waals surface area contributed by atoms with E-state index >= 15 is 0 Å². The summed E-state index contributed by atoms with van der Waals surface area (Å²) in [5.41, 5.74) is 0.904. The van der Waals surface area contributed by atoms with Crippen LogP contribution in [0.25, 0.3) is 11.0 Å². The van der Waals surface area contributed by atoms with Crippen molar-refractivity contribution in [2.75, 3.05) is 0 Å². The molecule has 1 saturated carbocycles. The summed E-state index contributed by atoms with van der Waals surface area (Å²) in [6.07, 6.45) is 4.03. The largest absolute Gasteiger partial charge is 0.459 e. The molecule has 1 aromatic carbocycles. The molecule has 0 amide bonds. The average Bonchev–Trinajstić information content (AvgIpc) is 2.84. The first-order chi connectivity index (χ1) is 9.63. The Morgan fingerprint density at radius 3 is 2.90 bits per heavy atom. The van der Waals surface area contributed by atoms with E-state index in [2.05, 4.69) is 40.3 Å². The maximum absolute atomic E-state index is 10.0. The molecule has 1 aliphatic rings. The Bertz CT molecular complexity index is 595. The maximum Gasteiger partial charge on any atom is 0.134 e. The van der Waals surface area contributed by atoms with E-state index in [0.717, 1.165) is 40.5 Å². The summed E-state index contributed by atoms with van der Waals surface area (Å²) in [7, 11) is 0. The van der Waals surface area contributed by atoms with Crippen molar-refractivity contribution < 1.29 is 9.52 Å². The third-order valence-electron chi connectivity index (χ3n) is 4.12. The molecule has 1 aliphatic carbocycles. The minimum atomic E-state index is -0.232. The molecule has 0 radical (unpaired) electrons. The van der Waals surface area contributed by atoms with Crippen LogP contribution in [0.1, 0.15) is 44.4 Å². The molecule has 3 unspecified atom stereocenters. The fraction of sp³-hybridized carbons (Fsp3) is 0.500. The Balaban J connectivity index is 1.76. The second-order valence-electron chi connectivity index (χ2n) is 5.68. The second-order valence-corrected chi connectivity index (χ2v) is 6.59.